The molecule has 0 bridgehead atoms. The maximum Gasteiger partial charge on any atom is 0.439 e. The molecule has 2 aromatic carbocycles. The van der Waals surface area contributed by atoms with Gasteiger partial charge in [-0.1, -0.05) is 67.0 Å². The van der Waals surface area contributed by atoms with Gasteiger partial charge in [-0.3, -0.25) is 18.9 Å². The second-order valence-corrected chi connectivity index (χ2v) is 12.6. The van der Waals surface area contributed by atoms with E-state index in [0.29, 0.717) is 30.5 Å². The highest BCUT2D eigenvalue weighted by atomic mass is 16.5. The molecule has 2 saturated carbocycles. The smallest absolute Gasteiger partial charge is 0.387 e. The highest BCUT2D eigenvalue weighted by Gasteiger charge is 2.41. The van der Waals surface area contributed by atoms with E-state index >= 15 is 0 Å². The molecule has 11 nitrogen and oxygen atoms in total. The molecule has 45 heavy (non-hydrogen) atoms. The Labute approximate surface area is 259 Å². The van der Waals surface area contributed by atoms with Crippen molar-refractivity contribution < 1.29 is 14.4 Å². The van der Waals surface area contributed by atoms with E-state index in [0.717, 1.165) is 84.9 Å². The van der Waals surface area contributed by atoms with Gasteiger partial charge < -0.3 is 9.84 Å². The van der Waals surface area contributed by atoms with E-state index in [-0.39, 0.29) is 17.7 Å². The van der Waals surface area contributed by atoms with E-state index in [1.54, 1.807) is 0 Å². The molecule has 2 N–H and O–H groups in total. The average Bonchev–Trinajstić information content (AvgIpc) is 3.42. The molecule has 11 heteroatoms. The Morgan fingerprint density at radius 2 is 1.78 bits per heavy atom. The quantitative estimate of drug-likeness (QED) is 0.230. The van der Waals surface area contributed by atoms with Crippen molar-refractivity contribution in [3.8, 4) is 22.5 Å². The van der Waals surface area contributed by atoms with E-state index in [1.165, 1.54) is 0 Å². The summed E-state index contributed by atoms with van der Waals surface area (Å²) >= 11 is 0. The number of hydrogen-bond acceptors (Lipinski definition) is 8. The van der Waals surface area contributed by atoms with E-state index in [9.17, 15) is 14.7 Å². The summed E-state index contributed by atoms with van der Waals surface area (Å²) in [4.78, 5) is 33.4. The van der Waals surface area contributed by atoms with Crippen LogP contribution in [0.25, 0.3) is 28.3 Å². The van der Waals surface area contributed by atoms with Gasteiger partial charge in [0, 0.05) is 23.6 Å². The fraction of sp³-hybridized carbons (Fsp3) is 0.441. The number of nitrogens with one attached hydrogen (secondary N) is 1. The Kier molecular flexibility index (Phi) is 7.74. The topological polar surface area (TPSA) is 141 Å². The number of nitrogens with zero attached hydrogens (tertiary/aromatic N) is 5. The third-order valence-electron chi connectivity index (χ3n) is 9.17. The average molecular weight is 611 g/mol. The van der Waals surface area contributed by atoms with Gasteiger partial charge >= 0.3 is 5.76 Å². The molecule has 0 atom stereocenters. The second kappa shape index (κ2) is 11.9. The SMILES string of the molecule is CCCc1c(Cc2ccc(-c3ccccc3-c3noc(=O)[nH]3)cc2)c(=O)n([C@H]2CC[C@H](OCC3(O)CC3)CC2)c2nc(C)nn12. The number of ether oxygens (including phenoxy) is 1. The van der Waals surface area contributed by atoms with Crippen molar-refractivity contribution in [3.63, 3.8) is 0 Å². The zero-order chi connectivity index (χ0) is 31.1. The molecule has 7 rings (SSSR count). The van der Waals surface area contributed by atoms with Gasteiger partial charge in [0.1, 0.15) is 5.82 Å². The number of aliphatic hydroxyl groups is 1. The number of fused-ring (bicyclic) bond motifs is 1. The molecule has 0 radical (unpaired) electrons. The Morgan fingerprint density at radius 1 is 1.04 bits per heavy atom. The van der Waals surface area contributed by atoms with Crippen LogP contribution < -0.4 is 11.3 Å². The number of H-pyrrole nitrogens is 1. The Bertz CT molecular complexity index is 1940. The van der Waals surface area contributed by atoms with Gasteiger partial charge in [-0.2, -0.15) is 10.1 Å². The van der Waals surface area contributed by atoms with Crippen LogP contribution in [0.3, 0.4) is 0 Å². The van der Waals surface area contributed by atoms with Crippen molar-refractivity contribution in [3.05, 3.63) is 92.1 Å². The zero-order valence-corrected chi connectivity index (χ0v) is 25.7. The van der Waals surface area contributed by atoms with Crippen molar-refractivity contribution in [1.29, 1.82) is 0 Å². The molecule has 3 aromatic heterocycles. The fourth-order valence-corrected chi connectivity index (χ4v) is 6.55. The van der Waals surface area contributed by atoms with Crippen LogP contribution >= 0.6 is 0 Å². The summed E-state index contributed by atoms with van der Waals surface area (Å²) in [6.45, 7) is 4.38. The van der Waals surface area contributed by atoms with Crippen LogP contribution in [0.4, 0.5) is 0 Å². The van der Waals surface area contributed by atoms with Crippen LogP contribution in [0.2, 0.25) is 0 Å². The van der Waals surface area contributed by atoms with Crippen LogP contribution in [0.1, 0.15) is 80.6 Å². The summed E-state index contributed by atoms with van der Waals surface area (Å²) in [5.74, 6) is 1.03. The maximum atomic E-state index is 14.4. The van der Waals surface area contributed by atoms with Crippen LogP contribution in [-0.4, -0.2) is 52.7 Å². The lowest BCUT2D eigenvalue weighted by atomic mass is 9.92. The predicted molar refractivity (Wildman–Crippen MR) is 168 cm³/mol. The van der Waals surface area contributed by atoms with Crippen molar-refractivity contribution in [1.82, 2.24) is 29.3 Å². The molecule has 5 aromatic rings. The van der Waals surface area contributed by atoms with E-state index in [2.05, 4.69) is 17.1 Å². The van der Waals surface area contributed by atoms with Gasteiger partial charge in [0.05, 0.1) is 24.0 Å². The molecule has 0 unspecified atom stereocenters. The number of aromatic nitrogens is 6. The Morgan fingerprint density at radius 3 is 2.44 bits per heavy atom. The van der Waals surface area contributed by atoms with Gasteiger partial charge in [0.15, 0.2) is 5.82 Å². The third kappa shape index (κ3) is 5.89. The van der Waals surface area contributed by atoms with Gasteiger partial charge in [-0.25, -0.2) is 9.31 Å². The van der Waals surface area contributed by atoms with Crippen molar-refractivity contribution >= 4 is 5.78 Å². The zero-order valence-electron chi connectivity index (χ0n) is 25.7. The van der Waals surface area contributed by atoms with Crippen molar-refractivity contribution in [2.75, 3.05) is 6.61 Å². The van der Waals surface area contributed by atoms with E-state index < -0.39 is 11.4 Å². The molecule has 234 valence electrons. The molecule has 2 aliphatic rings. The molecule has 2 aliphatic carbocycles. The lowest BCUT2D eigenvalue weighted by molar-refractivity contribution is -0.0387. The first-order valence-electron chi connectivity index (χ1n) is 15.9. The molecule has 0 saturated heterocycles. The number of aryl methyl sites for hydroxylation is 2. The normalized spacial score (nSPS) is 19.3. The largest absolute Gasteiger partial charge is 0.439 e. The summed E-state index contributed by atoms with van der Waals surface area (Å²) in [7, 11) is 0. The van der Waals surface area contributed by atoms with Gasteiger partial charge in [0.2, 0.25) is 5.78 Å². The van der Waals surface area contributed by atoms with Gasteiger partial charge in [-0.05, 0) is 68.6 Å². The Balaban J connectivity index is 1.20. The molecule has 2 fully saturated rings. The fourth-order valence-electron chi connectivity index (χ4n) is 6.55. The summed E-state index contributed by atoms with van der Waals surface area (Å²) in [6, 6.07) is 15.9. The Hall–Kier alpha value is -4.35. The van der Waals surface area contributed by atoms with Crippen molar-refractivity contribution in [2.24, 2.45) is 0 Å². The summed E-state index contributed by atoms with van der Waals surface area (Å²) in [5, 5.41) is 18.8. The lowest BCUT2D eigenvalue weighted by Gasteiger charge is -2.31. The molecule has 3 heterocycles. The highest BCUT2D eigenvalue weighted by molar-refractivity contribution is 5.80. The van der Waals surface area contributed by atoms with Crippen LogP contribution in [0, 0.1) is 6.92 Å². The monoisotopic (exact) mass is 610 g/mol. The standard InChI is InChI=1S/C34H38N6O5/c1-3-6-29-28(19-22-9-11-23(12-10-22)26-7-4-5-8-27(26)30-36-33(42)45-38-30)31(41)39(32-35-21(2)37-40(29)32)24-13-15-25(16-14-24)44-20-34(43)17-18-34/h4-5,7-12,24-25,43H,3,6,13-20H2,1-2H3,(H,36,38,42)/t24-,25-. The summed E-state index contributed by atoms with van der Waals surface area (Å²) in [6.07, 6.45) is 7.08. The second-order valence-electron chi connectivity index (χ2n) is 12.6. The summed E-state index contributed by atoms with van der Waals surface area (Å²) < 4.78 is 14.6. The highest BCUT2D eigenvalue weighted by Crippen LogP contribution is 2.37. The lowest BCUT2D eigenvalue weighted by Crippen LogP contribution is -2.35. The predicted octanol–water partition coefficient (Wildman–Crippen LogP) is 4.78. The minimum Gasteiger partial charge on any atom is -0.387 e. The molecular weight excluding hydrogens is 572 g/mol. The number of benzene rings is 2. The minimum atomic E-state index is -0.623. The number of aromatic amines is 1. The first kappa shape index (κ1) is 29.4. The number of hydrogen-bond donors (Lipinski definition) is 2. The van der Waals surface area contributed by atoms with E-state index in [4.69, 9.17) is 19.3 Å². The summed E-state index contributed by atoms with van der Waals surface area (Å²) in [5.41, 5.74) is 4.68. The van der Waals surface area contributed by atoms with Gasteiger partial charge in [-0.15, -0.1) is 0 Å². The van der Waals surface area contributed by atoms with Crippen molar-refractivity contribution in [2.45, 2.75) is 89.4 Å². The first-order chi connectivity index (χ1) is 21.8. The molecule has 0 spiro atoms. The maximum absolute atomic E-state index is 14.4. The van der Waals surface area contributed by atoms with E-state index in [1.807, 2.05) is 64.5 Å². The van der Waals surface area contributed by atoms with Crippen LogP contribution in [0.5, 0.6) is 0 Å². The third-order valence-corrected chi connectivity index (χ3v) is 9.17. The number of rotatable bonds is 10. The van der Waals surface area contributed by atoms with Gasteiger partial charge in [0.25, 0.3) is 5.56 Å². The van der Waals surface area contributed by atoms with Crippen LogP contribution in [0.15, 0.2) is 62.6 Å². The molecular formula is C34H38N6O5. The minimum absolute atomic E-state index is 0.000538. The van der Waals surface area contributed by atoms with Crippen LogP contribution in [-0.2, 0) is 17.6 Å². The molecule has 0 amide bonds. The molecule has 0 aliphatic heterocycles. The first-order valence-corrected chi connectivity index (χ1v) is 15.9.